The number of nitrogens with two attached hydrogens (primary N) is 1. The van der Waals surface area contributed by atoms with Crippen molar-refractivity contribution in [1.82, 2.24) is 5.32 Å². The van der Waals surface area contributed by atoms with E-state index in [1.165, 1.54) is 11.8 Å². The number of thioether (sulfide) groups is 1. The van der Waals surface area contributed by atoms with Crippen molar-refractivity contribution in [3.8, 4) is 0 Å². The van der Waals surface area contributed by atoms with Crippen LogP contribution in [0.2, 0.25) is 0 Å². The molecule has 0 aromatic rings. The molecule has 2 amide bonds. The minimum absolute atomic E-state index is 0.0340. The molecular weight excluding hydrogens is 295 g/mol. The molecule has 0 fully saturated rings. The van der Waals surface area contributed by atoms with Gasteiger partial charge < -0.3 is 20.8 Å². The first-order valence-corrected chi connectivity index (χ1v) is 8.24. The number of primary amides is 1. The molecule has 1 atom stereocenters. The molecule has 0 aliphatic heterocycles. The van der Waals surface area contributed by atoms with Crippen LogP contribution >= 0.6 is 19.6 Å². The van der Waals surface area contributed by atoms with Crippen molar-refractivity contribution < 1.29 is 28.5 Å². The van der Waals surface area contributed by atoms with Crippen molar-refractivity contribution in [3.05, 3.63) is 0 Å². The van der Waals surface area contributed by atoms with Gasteiger partial charge in [0, 0.05) is 30.4 Å². The summed E-state index contributed by atoms with van der Waals surface area (Å²) in [4.78, 5) is 38.8. The van der Waals surface area contributed by atoms with E-state index in [0.29, 0.717) is 11.5 Å². The first-order chi connectivity index (χ1) is 8.72. The highest BCUT2D eigenvalue weighted by atomic mass is 32.2. The third-order valence-corrected chi connectivity index (χ3v) is 3.76. The van der Waals surface area contributed by atoms with E-state index in [-0.39, 0.29) is 37.3 Å². The smallest absolute Gasteiger partial charge is 0.369 e. The number of phosphoric ester groups is 1. The number of phosphoric acid groups is 1. The van der Waals surface area contributed by atoms with Crippen LogP contribution in [0.15, 0.2) is 0 Å². The fraction of sp³-hybridized carbons (Fsp3) is 0.778. The predicted octanol–water partition coefficient (Wildman–Crippen LogP) is -0.543. The van der Waals surface area contributed by atoms with Crippen molar-refractivity contribution in [2.45, 2.75) is 13.3 Å². The SMILES string of the molecule is CC(CSCCC(=O)NCCOP(=O)(O)O)C(N)=O. The molecule has 0 aromatic heterocycles. The number of carbonyl (C=O) groups is 2. The Hall–Kier alpha value is -0.600. The Bertz CT molecular complexity index is 348. The number of hydrogen-bond donors (Lipinski definition) is 4. The van der Waals surface area contributed by atoms with Gasteiger partial charge in [0.05, 0.1) is 6.61 Å². The standard InChI is InChI=1S/C9H19N2O6PS/c1-7(9(10)13)6-19-5-2-8(12)11-3-4-17-18(14,15)16/h7H,2-6H2,1H3,(H2,10,13)(H,11,12)(H2,14,15,16). The summed E-state index contributed by atoms with van der Waals surface area (Å²) in [5.74, 6) is 0.261. The average Bonchev–Trinajstić information content (AvgIpc) is 2.28. The maximum absolute atomic E-state index is 11.3. The zero-order chi connectivity index (χ0) is 14.9. The van der Waals surface area contributed by atoms with E-state index >= 15 is 0 Å². The van der Waals surface area contributed by atoms with Crippen LogP contribution in [0.1, 0.15) is 13.3 Å². The van der Waals surface area contributed by atoms with Gasteiger partial charge in [0.25, 0.3) is 0 Å². The summed E-state index contributed by atoms with van der Waals surface area (Å²) in [7, 11) is -4.47. The normalized spacial score (nSPS) is 13.0. The maximum Gasteiger partial charge on any atom is 0.469 e. The van der Waals surface area contributed by atoms with Gasteiger partial charge in [0.15, 0.2) is 0 Å². The average molecular weight is 314 g/mol. The van der Waals surface area contributed by atoms with Crippen LogP contribution in [0, 0.1) is 5.92 Å². The Morgan fingerprint density at radius 1 is 1.47 bits per heavy atom. The largest absolute Gasteiger partial charge is 0.469 e. The lowest BCUT2D eigenvalue weighted by molar-refractivity contribution is -0.121. The number of nitrogens with one attached hydrogen (secondary N) is 1. The molecule has 112 valence electrons. The van der Waals surface area contributed by atoms with Gasteiger partial charge in [0.2, 0.25) is 11.8 Å². The van der Waals surface area contributed by atoms with Crippen LogP contribution < -0.4 is 11.1 Å². The van der Waals surface area contributed by atoms with Gasteiger partial charge in [-0.15, -0.1) is 0 Å². The zero-order valence-corrected chi connectivity index (χ0v) is 12.3. The van der Waals surface area contributed by atoms with Crippen molar-refractivity contribution >= 4 is 31.4 Å². The maximum atomic E-state index is 11.3. The fourth-order valence-electron chi connectivity index (χ4n) is 0.951. The van der Waals surface area contributed by atoms with E-state index in [1.807, 2.05) is 0 Å². The van der Waals surface area contributed by atoms with Gasteiger partial charge in [0.1, 0.15) is 0 Å². The van der Waals surface area contributed by atoms with Crippen molar-refractivity contribution in [2.75, 3.05) is 24.7 Å². The van der Waals surface area contributed by atoms with Gasteiger partial charge >= 0.3 is 7.82 Å². The second-order valence-corrected chi connectivity index (χ2v) is 6.19. The number of hydrogen-bond acceptors (Lipinski definition) is 5. The van der Waals surface area contributed by atoms with Gasteiger partial charge in [-0.3, -0.25) is 14.1 Å². The molecule has 0 radical (unpaired) electrons. The molecule has 0 rings (SSSR count). The molecule has 0 bridgehead atoms. The quantitative estimate of drug-likeness (QED) is 0.313. The van der Waals surface area contributed by atoms with Crippen LogP contribution in [0.25, 0.3) is 0 Å². The molecule has 1 unspecified atom stereocenters. The van der Waals surface area contributed by atoms with Crippen molar-refractivity contribution in [2.24, 2.45) is 11.7 Å². The minimum atomic E-state index is -4.47. The molecule has 0 aromatic carbocycles. The minimum Gasteiger partial charge on any atom is -0.369 e. The van der Waals surface area contributed by atoms with Crippen LogP contribution in [-0.2, 0) is 18.7 Å². The fourth-order valence-corrected chi connectivity index (χ4v) is 2.29. The summed E-state index contributed by atoms with van der Waals surface area (Å²) in [6, 6.07) is 0. The third kappa shape index (κ3) is 12.2. The summed E-state index contributed by atoms with van der Waals surface area (Å²) in [5, 5.41) is 2.45. The van der Waals surface area contributed by atoms with Gasteiger partial charge in [-0.2, -0.15) is 11.8 Å². The lowest BCUT2D eigenvalue weighted by Crippen LogP contribution is -2.27. The number of amides is 2. The Balaban J connectivity index is 3.50. The van der Waals surface area contributed by atoms with Gasteiger partial charge in [-0.25, -0.2) is 4.57 Å². The molecule has 0 spiro atoms. The molecule has 0 aliphatic rings. The molecule has 0 saturated carbocycles. The number of rotatable bonds is 10. The summed E-state index contributed by atoms with van der Waals surface area (Å²) >= 11 is 1.44. The lowest BCUT2D eigenvalue weighted by Gasteiger charge is -2.08. The molecule has 0 aliphatic carbocycles. The van der Waals surface area contributed by atoms with Crippen LogP contribution in [0.5, 0.6) is 0 Å². The molecule has 5 N–H and O–H groups in total. The van der Waals surface area contributed by atoms with Crippen molar-refractivity contribution in [1.29, 1.82) is 0 Å². The topological polar surface area (TPSA) is 139 Å². The van der Waals surface area contributed by atoms with Crippen LogP contribution in [0.4, 0.5) is 0 Å². The summed E-state index contributed by atoms with van der Waals surface area (Å²) in [6.07, 6.45) is 0.256. The van der Waals surface area contributed by atoms with Crippen LogP contribution in [0.3, 0.4) is 0 Å². The summed E-state index contributed by atoms with van der Waals surface area (Å²) < 4.78 is 14.5. The number of carbonyl (C=O) groups excluding carboxylic acids is 2. The highest BCUT2D eigenvalue weighted by Crippen LogP contribution is 2.35. The summed E-state index contributed by atoms with van der Waals surface area (Å²) in [6.45, 7) is 1.50. The van der Waals surface area contributed by atoms with E-state index in [2.05, 4.69) is 9.84 Å². The molecule has 0 saturated heterocycles. The predicted molar refractivity (Wildman–Crippen MR) is 71.3 cm³/mol. The second-order valence-electron chi connectivity index (χ2n) is 3.80. The Morgan fingerprint density at radius 2 is 2.11 bits per heavy atom. The van der Waals surface area contributed by atoms with Gasteiger partial charge in [-0.05, 0) is 0 Å². The Labute approximate surface area is 115 Å². The zero-order valence-electron chi connectivity index (χ0n) is 10.6. The monoisotopic (exact) mass is 314 g/mol. The first kappa shape index (κ1) is 18.4. The van der Waals surface area contributed by atoms with E-state index in [1.54, 1.807) is 6.92 Å². The highest BCUT2D eigenvalue weighted by molar-refractivity contribution is 7.99. The van der Waals surface area contributed by atoms with Gasteiger partial charge in [-0.1, -0.05) is 6.92 Å². The summed E-state index contributed by atoms with van der Waals surface area (Å²) in [5.41, 5.74) is 5.08. The second kappa shape index (κ2) is 9.33. The van der Waals surface area contributed by atoms with E-state index in [4.69, 9.17) is 15.5 Å². The molecular formula is C9H19N2O6PS. The Kier molecular flexibility index (Phi) is 9.03. The molecule has 10 heteroatoms. The third-order valence-electron chi connectivity index (χ3n) is 2.01. The molecule has 0 heterocycles. The molecule has 19 heavy (non-hydrogen) atoms. The molecule has 8 nitrogen and oxygen atoms in total. The van der Waals surface area contributed by atoms with E-state index in [9.17, 15) is 14.2 Å². The highest BCUT2D eigenvalue weighted by Gasteiger charge is 2.13. The van der Waals surface area contributed by atoms with E-state index in [0.717, 1.165) is 0 Å². The van der Waals surface area contributed by atoms with Crippen molar-refractivity contribution in [3.63, 3.8) is 0 Å². The van der Waals surface area contributed by atoms with E-state index < -0.39 is 7.82 Å². The van der Waals surface area contributed by atoms with Crippen LogP contribution in [-0.4, -0.2) is 46.3 Å². The lowest BCUT2D eigenvalue weighted by atomic mass is 10.2. The first-order valence-electron chi connectivity index (χ1n) is 5.56. The Morgan fingerprint density at radius 3 is 2.63 bits per heavy atom.